The Balaban J connectivity index is 2.64. The molecular weight excluding hydrogens is 202 g/mol. The van der Waals surface area contributed by atoms with Crippen LogP contribution < -0.4 is 10.1 Å². The van der Waals surface area contributed by atoms with Crippen LogP contribution in [0.25, 0.3) is 0 Å². The Morgan fingerprint density at radius 2 is 2.25 bits per heavy atom. The number of ether oxygens (including phenoxy) is 1. The molecule has 0 radical (unpaired) electrons. The predicted molar refractivity (Wildman–Crippen MR) is 64.5 cm³/mol. The molecule has 3 nitrogen and oxygen atoms in total. The van der Waals surface area contributed by atoms with E-state index in [0.717, 1.165) is 17.7 Å². The first kappa shape index (κ1) is 12.6. The van der Waals surface area contributed by atoms with Gasteiger partial charge in [-0.15, -0.1) is 0 Å². The normalized spacial score (nSPS) is 11.9. The van der Waals surface area contributed by atoms with Crippen LogP contribution in [0, 0.1) is 0 Å². The lowest BCUT2D eigenvalue weighted by molar-refractivity contribution is -0.121. The summed E-state index contributed by atoms with van der Waals surface area (Å²) in [6.45, 7) is 3.97. The van der Waals surface area contributed by atoms with Gasteiger partial charge in [0, 0.05) is 6.42 Å². The van der Waals surface area contributed by atoms with E-state index in [9.17, 15) is 4.79 Å². The van der Waals surface area contributed by atoms with Crippen LogP contribution in [0.1, 0.15) is 38.3 Å². The second-order valence-corrected chi connectivity index (χ2v) is 3.82. The smallest absolute Gasteiger partial charge is 0.220 e. The molecule has 1 N–H and O–H groups in total. The van der Waals surface area contributed by atoms with Crippen LogP contribution >= 0.6 is 0 Å². The molecule has 1 aromatic rings. The fourth-order valence-electron chi connectivity index (χ4n) is 1.53. The summed E-state index contributed by atoms with van der Waals surface area (Å²) in [4.78, 5) is 11.4. The molecule has 0 heterocycles. The van der Waals surface area contributed by atoms with Crippen molar-refractivity contribution >= 4 is 5.91 Å². The Morgan fingerprint density at radius 1 is 1.50 bits per heavy atom. The minimum atomic E-state index is 0.0224. The zero-order chi connectivity index (χ0) is 12.0. The number of hydrogen-bond donors (Lipinski definition) is 1. The monoisotopic (exact) mass is 221 g/mol. The second-order valence-electron chi connectivity index (χ2n) is 3.82. The molecule has 0 spiro atoms. The quantitative estimate of drug-likeness (QED) is 0.830. The molecule has 1 rings (SSSR count). The maximum absolute atomic E-state index is 11.4. The van der Waals surface area contributed by atoms with Gasteiger partial charge in [0.25, 0.3) is 0 Å². The highest BCUT2D eigenvalue weighted by Gasteiger charge is 2.09. The molecule has 88 valence electrons. The van der Waals surface area contributed by atoms with Gasteiger partial charge in [-0.1, -0.05) is 19.1 Å². The molecule has 0 aliphatic heterocycles. The van der Waals surface area contributed by atoms with Crippen molar-refractivity contribution in [3.8, 4) is 5.75 Å². The van der Waals surface area contributed by atoms with E-state index >= 15 is 0 Å². The zero-order valence-corrected chi connectivity index (χ0v) is 10.1. The van der Waals surface area contributed by atoms with Crippen LogP contribution in [0.3, 0.4) is 0 Å². The summed E-state index contributed by atoms with van der Waals surface area (Å²) in [5.74, 6) is 0.909. The number of methoxy groups -OCH3 is 1. The topological polar surface area (TPSA) is 38.3 Å². The largest absolute Gasteiger partial charge is 0.497 e. The van der Waals surface area contributed by atoms with Gasteiger partial charge in [0.15, 0.2) is 0 Å². The first-order valence-corrected chi connectivity index (χ1v) is 5.60. The first-order valence-electron chi connectivity index (χ1n) is 5.60. The number of benzene rings is 1. The van der Waals surface area contributed by atoms with Crippen molar-refractivity contribution in [1.29, 1.82) is 0 Å². The molecule has 0 aliphatic rings. The zero-order valence-electron chi connectivity index (χ0n) is 10.1. The van der Waals surface area contributed by atoms with Gasteiger partial charge in [-0.2, -0.15) is 0 Å². The lowest BCUT2D eigenvalue weighted by atomic mass is 10.1. The van der Waals surface area contributed by atoms with Crippen LogP contribution in [0.5, 0.6) is 5.75 Å². The van der Waals surface area contributed by atoms with E-state index in [2.05, 4.69) is 5.32 Å². The van der Waals surface area contributed by atoms with Crippen LogP contribution in [0.15, 0.2) is 24.3 Å². The van der Waals surface area contributed by atoms with E-state index in [4.69, 9.17) is 4.74 Å². The van der Waals surface area contributed by atoms with Crippen LogP contribution in [-0.4, -0.2) is 13.0 Å². The fraction of sp³-hybridized carbons (Fsp3) is 0.462. The molecule has 1 amide bonds. The van der Waals surface area contributed by atoms with Crippen molar-refractivity contribution in [2.45, 2.75) is 32.7 Å². The maximum atomic E-state index is 11.4. The molecule has 0 bridgehead atoms. The van der Waals surface area contributed by atoms with Gasteiger partial charge in [-0.3, -0.25) is 4.79 Å². The third-order valence-electron chi connectivity index (χ3n) is 2.45. The Morgan fingerprint density at radius 3 is 2.88 bits per heavy atom. The van der Waals surface area contributed by atoms with Crippen LogP contribution in [0.2, 0.25) is 0 Å². The SMILES string of the molecule is CCCC(=O)N[C@H](C)c1cccc(OC)c1. The minimum Gasteiger partial charge on any atom is -0.497 e. The van der Waals surface area contributed by atoms with E-state index in [0.29, 0.717) is 6.42 Å². The van der Waals surface area contributed by atoms with Gasteiger partial charge in [-0.05, 0) is 31.0 Å². The Hall–Kier alpha value is -1.51. The first-order chi connectivity index (χ1) is 7.67. The number of carbonyl (C=O) groups is 1. The van der Waals surface area contributed by atoms with E-state index in [1.54, 1.807) is 7.11 Å². The minimum absolute atomic E-state index is 0.0224. The Kier molecular flexibility index (Phi) is 4.83. The van der Waals surface area contributed by atoms with Gasteiger partial charge >= 0.3 is 0 Å². The Bertz CT molecular complexity index is 350. The highest BCUT2D eigenvalue weighted by molar-refractivity contribution is 5.76. The third-order valence-corrected chi connectivity index (χ3v) is 2.45. The number of amides is 1. The molecule has 0 unspecified atom stereocenters. The van der Waals surface area contributed by atoms with Crippen molar-refractivity contribution in [2.75, 3.05) is 7.11 Å². The van der Waals surface area contributed by atoms with E-state index in [-0.39, 0.29) is 11.9 Å². The fourth-order valence-corrected chi connectivity index (χ4v) is 1.53. The van der Waals surface area contributed by atoms with Crippen molar-refractivity contribution in [3.05, 3.63) is 29.8 Å². The predicted octanol–water partition coefficient (Wildman–Crippen LogP) is 2.67. The van der Waals surface area contributed by atoms with Crippen LogP contribution in [0.4, 0.5) is 0 Å². The van der Waals surface area contributed by atoms with Gasteiger partial charge < -0.3 is 10.1 Å². The standard InChI is InChI=1S/C13H19NO2/c1-4-6-13(15)14-10(2)11-7-5-8-12(9-11)16-3/h5,7-10H,4,6H2,1-3H3,(H,14,15)/t10-/m1/s1. The summed E-state index contributed by atoms with van der Waals surface area (Å²) in [7, 11) is 1.64. The highest BCUT2D eigenvalue weighted by Crippen LogP contribution is 2.18. The number of hydrogen-bond acceptors (Lipinski definition) is 2. The third kappa shape index (κ3) is 3.57. The summed E-state index contributed by atoms with van der Waals surface area (Å²) >= 11 is 0. The molecule has 0 aromatic heterocycles. The van der Waals surface area contributed by atoms with Gasteiger partial charge in [0.2, 0.25) is 5.91 Å². The van der Waals surface area contributed by atoms with Crippen molar-refractivity contribution in [3.63, 3.8) is 0 Å². The molecule has 0 saturated heterocycles. The second kappa shape index (κ2) is 6.16. The lowest BCUT2D eigenvalue weighted by Gasteiger charge is -2.14. The van der Waals surface area contributed by atoms with E-state index < -0.39 is 0 Å². The van der Waals surface area contributed by atoms with Crippen molar-refractivity contribution in [1.82, 2.24) is 5.32 Å². The summed E-state index contributed by atoms with van der Waals surface area (Å²) < 4.78 is 5.14. The molecule has 0 fully saturated rings. The summed E-state index contributed by atoms with van der Waals surface area (Å²) in [6, 6.07) is 7.77. The number of carbonyl (C=O) groups excluding carboxylic acids is 1. The summed E-state index contributed by atoms with van der Waals surface area (Å²) in [5, 5.41) is 2.95. The van der Waals surface area contributed by atoms with E-state index in [1.807, 2.05) is 38.1 Å². The highest BCUT2D eigenvalue weighted by atomic mass is 16.5. The van der Waals surface area contributed by atoms with Gasteiger partial charge in [0.05, 0.1) is 13.2 Å². The molecule has 0 saturated carbocycles. The maximum Gasteiger partial charge on any atom is 0.220 e. The average Bonchev–Trinajstić information content (AvgIpc) is 2.29. The molecule has 3 heteroatoms. The van der Waals surface area contributed by atoms with Gasteiger partial charge in [0.1, 0.15) is 5.75 Å². The Labute approximate surface area is 96.8 Å². The van der Waals surface area contributed by atoms with Gasteiger partial charge in [-0.25, -0.2) is 0 Å². The van der Waals surface area contributed by atoms with E-state index in [1.165, 1.54) is 0 Å². The average molecular weight is 221 g/mol. The summed E-state index contributed by atoms with van der Waals surface area (Å²) in [5.41, 5.74) is 1.06. The molecule has 1 aromatic carbocycles. The lowest BCUT2D eigenvalue weighted by Crippen LogP contribution is -2.26. The van der Waals surface area contributed by atoms with Crippen LogP contribution in [-0.2, 0) is 4.79 Å². The summed E-state index contributed by atoms with van der Waals surface area (Å²) in [6.07, 6.45) is 1.45. The molecule has 16 heavy (non-hydrogen) atoms. The van der Waals surface area contributed by atoms with Crippen molar-refractivity contribution < 1.29 is 9.53 Å². The van der Waals surface area contributed by atoms with Crippen molar-refractivity contribution in [2.24, 2.45) is 0 Å². The molecule has 1 atom stereocenters. The molecular formula is C13H19NO2. The number of nitrogens with one attached hydrogen (secondary N) is 1. The number of rotatable bonds is 5. The molecule has 0 aliphatic carbocycles.